The van der Waals surface area contributed by atoms with Gasteiger partial charge in [-0.25, -0.2) is 9.07 Å². The van der Waals surface area contributed by atoms with Gasteiger partial charge in [-0.05, 0) is 48.4 Å². The number of halogens is 1. The smallest absolute Gasteiger partial charge is 0.139 e. The number of rotatable bonds is 7. The first-order chi connectivity index (χ1) is 12.8. The molecule has 1 aromatic heterocycles. The van der Waals surface area contributed by atoms with Gasteiger partial charge in [-0.1, -0.05) is 19.6 Å². The van der Waals surface area contributed by atoms with Gasteiger partial charge in [0.05, 0.1) is 12.6 Å². The van der Waals surface area contributed by atoms with Gasteiger partial charge in [-0.15, -0.1) is 0 Å². The van der Waals surface area contributed by atoms with Crippen molar-refractivity contribution in [3.63, 3.8) is 0 Å². The molecule has 6 heteroatoms. The lowest BCUT2D eigenvalue weighted by Crippen LogP contribution is -2.22. The fourth-order valence-corrected chi connectivity index (χ4v) is 3.72. The van der Waals surface area contributed by atoms with Crippen molar-refractivity contribution in [3.05, 3.63) is 47.9 Å². The van der Waals surface area contributed by atoms with E-state index in [0.29, 0.717) is 18.0 Å². The molecule has 0 aliphatic carbocycles. The topological polar surface area (TPSA) is 36.3 Å². The van der Waals surface area contributed by atoms with Crippen LogP contribution >= 0.6 is 0 Å². The lowest BCUT2D eigenvalue weighted by atomic mass is 9.98. The van der Waals surface area contributed by atoms with Crippen molar-refractivity contribution in [1.29, 1.82) is 0 Å². The Bertz CT molecular complexity index is 947. The molecule has 0 spiro atoms. The van der Waals surface area contributed by atoms with Gasteiger partial charge >= 0.3 is 0 Å². The van der Waals surface area contributed by atoms with Crippen LogP contribution < -0.4 is 4.74 Å². The van der Waals surface area contributed by atoms with Gasteiger partial charge in [0, 0.05) is 37.9 Å². The van der Waals surface area contributed by atoms with Crippen molar-refractivity contribution in [3.8, 4) is 16.9 Å². The Labute approximate surface area is 160 Å². The minimum absolute atomic E-state index is 0.293. The van der Waals surface area contributed by atoms with Gasteiger partial charge in [-0.2, -0.15) is 5.10 Å². The second kappa shape index (κ2) is 7.82. The SMILES string of the molecule is COc1ccc(-c2cc3cn(COCC[Si](C)(C)C)nc3cc2C)c(F)c1. The Morgan fingerprint density at radius 2 is 1.89 bits per heavy atom. The second-order valence-electron chi connectivity index (χ2n) is 8.09. The maximum atomic E-state index is 14.5. The number of fused-ring (bicyclic) bond motifs is 1. The third kappa shape index (κ3) is 4.76. The molecule has 0 amide bonds. The number of hydrogen-bond donors (Lipinski definition) is 0. The van der Waals surface area contributed by atoms with Crippen LogP contribution in [0, 0.1) is 12.7 Å². The molecule has 1 heterocycles. The molecule has 27 heavy (non-hydrogen) atoms. The number of nitrogens with zero attached hydrogens (tertiary/aromatic N) is 2. The summed E-state index contributed by atoms with van der Waals surface area (Å²) in [5, 5.41) is 5.55. The monoisotopic (exact) mass is 386 g/mol. The number of ether oxygens (including phenoxy) is 2. The second-order valence-corrected chi connectivity index (χ2v) is 13.7. The molecular weight excluding hydrogens is 359 g/mol. The third-order valence-electron chi connectivity index (χ3n) is 4.58. The molecule has 3 aromatic rings. The van der Waals surface area contributed by atoms with Crippen LogP contribution in [0.2, 0.25) is 25.7 Å². The molecule has 3 rings (SSSR count). The van der Waals surface area contributed by atoms with Crippen LogP contribution in [0.5, 0.6) is 5.75 Å². The van der Waals surface area contributed by atoms with Crippen LogP contribution in [-0.2, 0) is 11.5 Å². The van der Waals surface area contributed by atoms with Crippen molar-refractivity contribution in [1.82, 2.24) is 9.78 Å². The first-order valence-electron chi connectivity index (χ1n) is 9.16. The van der Waals surface area contributed by atoms with Gasteiger partial charge < -0.3 is 9.47 Å². The Kier molecular flexibility index (Phi) is 5.67. The van der Waals surface area contributed by atoms with Gasteiger partial charge in [-0.3, -0.25) is 0 Å². The van der Waals surface area contributed by atoms with Gasteiger partial charge in [0.25, 0.3) is 0 Å². The lowest BCUT2D eigenvalue weighted by Gasteiger charge is -2.15. The first-order valence-corrected chi connectivity index (χ1v) is 12.9. The minimum Gasteiger partial charge on any atom is -0.497 e. The standard InChI is InChI=1S/C21H27FN2O2Si/c1-15-10-21-16(13-24(23-21)14-26-8-9-27(3,4)5)11-19(15)18-7-6-17(25-2)12-20(18)22/h6-7,10-13H,8-9,14H2,1-5H3. The minimum atomic E-state index is -1.09. The summed E-state index contributed by atoms with van der Waals surface area (Å²) in [5.41, 5.74) is 3.30. The number of aromatic nitrogens is 2. The molecule has 4 nitrogen and oxygen atoms in total. The highest BCUT2D eigenvalue weighted by Crippen LogP contribution is 2.31. The Balaban J connectivity index is 1.82. The highest BCUT2D eigenvalue weighted by molar-refractivity contribution is 6.76. The molecule has 0 saturated heterocycles. The van der Waals surface area contributed by atoms with Crippen LogP contribution in [0.3, 0.4) is 0 Å². The summed E-state index contributed by atoms with van der Waals surface area (Å²) in [6.45, 7) is 10.2. The fraction of sp³-hybridized carbons (Fsp3) is 0.381. The number of aryl methyl sites for hydroxylation is 1. The van der Waals surface area contributed by atoms with Crippen LogP contribution in [0.4, 0.5) is 4.39 Å². The summed E-state index contributed by atoms with van der Waals surface area (Å²) in [4.78, 5) is 0. The summed E-state index contributed by atoms with van der Waals surface area (Å²) in [5.74, 6) is 0.220. The first kappa shape index (κ1) is 19.6. The van der Waals surface area contributed by atoms with Crippen molar-refractivity contribution in [2.75, 3.05) is 13.7 Å². The molecule has 2 aromatic carbocycles. The highest BCUT2D eigenvalue weighted by atomic mass is 28.3. The average Bonchev–Trinajstić information content (AvgIpc) is 2.99. The quantitative estimate of drug-likeness (QED) is 0.399. The predicted molar refractivity (Wildman–Crippen MR) is 111 cm³/mol. The average molecular weight is 387 g/mol. The highest BCUT2D eigenvalue weighted by Gasteiger charge is 2.13. The van der Waals surface area contributed by atoms with Crippen molar-refractivity contribution < 1.29 is 13.9 Å². The summed E-state index contributed by atoms with van der Waals surface area (Å²) < 4.78 is 27.2. The Morgan fingerprint density at radius 1 is 1.11 bits per heavy atom. The lowest BCUT2D eigenvalue weighted by molar-refractivity contribution is 0.0791. The molecule has 0 atom stereocenters. The van der Waals surface area contributed by atoms with Gasteiger partial charge in [0.15, 0.2) is 0 Å². The predicted octanol–water partition coefficient (Wildman–Crippen LogP) is 5.47. The normalized spacial score (nSPS) is 11.9. The zero-order valence-electron chi connectivity index (χ0n) is 16.7. The van der Waals surface area contributed by atoms with Crippen molar-refractivity contribution in [2.45, 2.75) is 39.3 Å². The fourth-order valence-electron chi connectivity index (χ4n) is 2.96. The van der Waals surface area contributed by atoms with E-state index in [1.165, 1.54) is 13.2 Å². The number of methoxy groups -OCH3 is 1. The summed E-state index contributed by atoms with van der Waals surface area (Å²) in [7, 11) is 0.443. The van der Waals surface area contributed by atoms with E-state index in [1.807, 2.05) is 29.9 Å². The van der Waals surface area contributed by atoms with E-state index in [9.17, 15) is 4.39 Å². The molecule has 144 valence electrons. The molecule has 0 aliphatic rings. The summed E-state index contributed by atoms with van der Waals surface area (Å²) in [6, 6.07) is 10.1. The molecule has 0 radical (unpaired) electrons. The molecule has 0 unspecified atom stereocenters. The van der Waals surface area contributed by atoms with Crippen molar-refractivity contribution in [2.24, 2.45) is 0 Å². The van der Waals surface area contributed by atoms with Crippen LogP contribution in [0.25, 0.3) is 22.0 Å². The molecule has 0 bridgehead atoms. The van der Waals surface area contributed by atoms with Gasteiger partial charge in [0.2, 0.25) is 0 Å². The van der Waals surface area contributed by atoms with Crippen LogP contribution in [0.15, 0.2) is 36.5 Å². The summed E-state index contributed by atoms with van der Waals surface area (Å²) in [6.07, 6.45) is 1.95. The molecule has 0 N–H and O–H groups in total. The van der Waals surface area contributed by atoms with Gasteiger partial charge in [0.1, 0.15) is 18.3 Å². The van der Waals surface area contributed by atoms with E-state index < -0.39 is 8.07 Å². The third-order valence-corrected chi connectivity index (χ3v) is 6.29. The largest absolute Gasteiger partial charge is 0.497 e. The summed E-state index contributed by atoms with van der Waals surface area (Å²) >= 11 is 0. The van der Waals surface area contributed by atoms with Crippen LogP contribution in [0.1, 0.15) is 5.56 Å². The van der Waals surface area contributed by atoms with Crippen LogP contribution in [-0.4, -0.2) is 31.6 Å². The number of benzene rings is 2. The van der Waals surface area contributed by atoms with E-state index in [0.717, 1.165) is 34.7 Å². The zero-order valence-corrected chi connectivity index (χ0v) is 17.7. The Hall–Kier alpha value is -2.18. The maximum Gasteiger partial charge on any atom is 0.139 e. The molecule has 0 saturated carbocycles. The van der Waals surface area contributed by atoms with E-state index in [1.54, 1.807) is 12.1 Å². The molecular formula is C21H27FN2O2Si. The van der Waals surface area contributed by atoms with E-state index in [2.05, 4.69) is 24.7 Å². The number of hydrogen-bond acceptors (Lipinski definition) is 3. The van der Waals surface area contributed by atoms with E-state index in [-0.39, 0.29) is 5.82 Å². The van der Waals surface area contributed by atoms with Crippen molar-refractivity contribution >= 4 is 19.0 Å². The zero-order chi connectivity index (χ0) is 19.6. The maximum absolute atomic E-state index is 14.5. The molecule has 0 aliphatic heterocycles. The molecule has 0 fully saturated rings. The van der Waals surface area contributed by atoms with E-state index >= 15 is 0 Å². The Morgan fingerprint density at radius 3 is 2.56 bits per heavy atom. The van der Waals surface area contributed by atoms with E-state index in [4.69, 9.17) is 9.47 Å².